The molecule has 0 spiro atoms. The quantitative estimate of drug-likeness (QED) is 0.353. The highest BCUT2D eigenvalue weighted by atomic mass is 16.5. The molecule has 0 aliphatic heterocycles. The van der Waals surface area contributed by atoms with E-state index in [9.17, 15) is 4.79 Å². The molecule has 0 heterocycles. The molecule has 0 unspecified atom stereocenters. The molecule has 2 N–H and O–H groups in total. The van der Waals surface area contributed by atoms with Crippen LogP contribution in [0.15, 0.2) is 18.2 Å². The van der Waals surface area contributed by atoms with Gasteiger partial charge in [0.25, 0.3) is 0 Å². The number of hydrogen-bond acceptors (Lipinski definition) is 5. The molecule has 0 aliphatic carbocycles. The summed E-state index contributed by atoms with van der Waals surface area (Å²) in [6.45, 7) is 1.40. The van der Waals surface area contributed by atoms with E-state index in [1.54, 1.807) is 18.2 Å². The van der Waals surface area contributed by atoms with Crippen molar-refractivity contribution >= 4 is 11.7 Å². The average Bonchev–Trinajstić information content (AvgIpc) is 2.42. The highest BCUT2D eigenvalue weighted by Gasteiger charge is 2.10. The van der Waals surface area contributed by atoms with Gasteiger partial charge in [-0.3, -0.25) is 0 Å². The Labute approximate surface area is 119 Å². The number of terminal acetylenes is 1. The lowest BCUT2D eigenvalue weighted by molar-refractivity contribution is 0.0556. The standard InChI is InChI=1S/C15H20N2O3/c1-4-9-20-15(18)12-6-7-13(16)14(11-12)19-10-5-8-17(2)3/h1,6-7,11H,5,8-10,16H2,2-3H3. The number of nitrogens with zero attached hydrogens (tertiary/aromatic N) is 1. The maximum atomic E-state index is 11.7. The van der Waals surface area contributed by atoms with Crippen LogP contribution in [0.25, 0.3) is 0 Å². The zero-order valence-corrected chi connectivity index (χ0v) is 11.9. The predicted octanol–water partition coefficient (Wildman–Crippen LogP) is 1.39. The monoisotopic (exact) mass is 276 g/mol. The summed E-state index contributed by atoms with van der Waals surface area (Å²) < 4.78 is 10.4. The fraction of sp³-hybridized carbons (Fsp3) is 0.400. The van der Waals surface area contributed by atoms with E-state index >= 15 is 0 Å². The van der Waals surface area contributed by atoms with Gasteiger partial charge in [-0.05, 0) is 38.7 Å². The van der Waals surface area contributed by atoms with Crippen molar-refractivity contribution in [2.75, 3.05) is 39.6 Å². The van der Waals surface area contributed by atoms with Crippen molar-refractivity contribution in [1.82, 2.24) is 4.90 Å². The summed E-state index contributed by atoms with van der Waals surface area (Å²) in [6.07, 6.45) is 5.91. The van der Waals surface area contributed by atoms with Crippen molar-refractivity contribution < 1.29 is 14.3 Å². The van der Waals surface area contributed by atoms with Crippen LogP contribution in [0.5, 0.6) is 5.75 Å². The van der Waals surface area contributed by atoms with Gasteiger partial charge < -0.3 is 20.1 Å². The van der Waals surface area contributed by atoms with Gasteiger partial charge in [0.05, 0.1) is 17.9 Å². The normalized spacial score (nSPS) is 10.1. The van der Waals surface area contributed by atoms with Crippen LogP contribution in [0.3, 0.4) is 0 Å². The van der Waals surface area contributed by atoms with E-state index in [4.69, 9.17) is 21.6 Å². The van der Waals surface area contributed by atoms with Crippen molar-refractivity contribution in [3.8, 4) is 18.1 Å². The van der Waals surface area contributed by atoms with Crippen LogP contribution in [0.1, 0.15) is 16.8 Å². The number of hydrogen-bond donors (Lipinski definition) is 1. The number of carbonyl (C=O) groups excluding carboxylic acids is 1. The third-order valence-corrected chi connectivity index (χ3v) is 2.54. The maximum absolute atomic E-state index is 11.7. The molecule has 108 valence electrons. The minimum absolute atomic E-state index is 0.0533. The predicted molar refractivity (Wildman–Crippen MR) is 78.6 cm³/mol. The number of anilines is 1. The number of benzene rings is 1. The average molecular weight is 276 g/mol. The summed E-state index contributed by atoms with van der Waals surface area (Å²) in [5.41, 5.74) is 6.67. The van der Waals surface area contributed by atoms with Crippen LogP contribution in [-0.4, -0.2) is 44.7 Å². The lowest BCUT2D eigenvalue weighted by Crippen LogP contribution is -2.16. The van der Waals surface area contributed by atoms with Gasteiger partial charge in [-0.15, -0.1) is 6.42 Å². The van der Waals surface area contributed by atoms with Gasteiger partial charge >= 0.3 is 5.97 Å². The van der Waals surface area contributed by atoms with Crippen LogP contribution in [-0.2, 0) is 4.74 Å². The Morgan fingerprint density at radius 2 is 2.20 bits per heavy atom. The minimum atomic E-state index is -0.485. The molecule has 0 aliphatic rings. The molecule has 0 bridgehead atoms. The van der Waals surface area contributed by atoms with Crippen molar-refractivity contribution in [3.05, 3.63) is 23.8 Å². The van der Waals surface area contributed by atoms with Gasteiger partial charge in [-0.1, -0.05) is 5.92 Å². The second-order valence-corrected chi connectivity index (χ2v) is 4.54. The lowest BCUT2D eigenvalue weighted by atomic mass is 10.2. The van der Waals surface area contributed by atoms with Crippen molar-refractivity contribution in [2.45, 2.75) is 6.42 Å². The van der Waals surface area contributed by atoms with Crippen LogP contribution >= 0.6 is 0 Å². The number of ether oxygens (including phenoxy) is 2. The van der Waals surface area contributed by atoms with Gasteiger partial charge in [-0.25, -0.2) is 4.79 Å². The zero-order chi connectivity index (χ0) is 15.0. The molecule has 5 heteroatoms. The van der Waals surface area contributed by atoms with E-state index in [2.05, 4.69) is 10.8 Å². The maximum Gasteiger partial charge on any atom is 0.339 e. The number of nitrogen functional groups attached to an aromatic ring is 1. The van der Waals surface area contributed by atoms with Gasteiger partial charge in [0.2, 0.25) is 0 Å². The Balaban J connectivity index is 2.62. The number of esters is 1. The van der Waals surface area contributed by atoms with Gasteiger partial charge in [0, 0.05) is 6.54 Å². The van der Waals surface area contributed by atoms with E-state index in [0.717, 1.165) is 13.0 Å². The molecule has 1 aromatic carbocycles. The highest BCUT2D eigenvalue weighted by molar-refractivity contribution is 5.90. The lowest BCUT2D eigenvalue weighted by Gasteiger charge is -2.12. The van der Waals surface area contributed by atoms with Crippen molar-refractivity contribution in [1.29, 1.82) is 0 Å². The number of rotatable bonds is 7. The second-order valence-electron chi connectivity index (χ2n) is 4.54. The topological polar surface area (TPSA) is 64.8 Å². The molecular formula is C15H20N2O3. The Bertz CT molecular complexity index is 492. The fourth-order valence-electron chi connectivity index (χ4n) is 1.54. The third kappa shape index (κ3) is 5.21. The SMILES string of the molecule is C#CCOC(=O)c1ccc(N)c(OCCCN(C)C)c1. The Kier molecular flexibility index (Phi) is 6.41. The molecule has 1 aromatic rings. The van der Waals surface area contributed by atoms with Crippen LogP contribution in [0.4, 0.5) is 5.69 Å². The van der Waals surface area contributed by atoms with E-state index in [0.29, 0.717) is 23.6 Å². The zero-order valence-electron chi connectivity index (χ0n) is 11.9. The van der Waals surface area contributed by atoms with E-state index in [1.807, 2.05) is 14.1 Å². The molecule has 20 heavy (non-hydrogen) atoms. The van der Waals surface area contributed by atoms with E-state index in [-0.39, 0.29) is 6.61 Å². The molecule has 5 nitrogen and oxygen atoms in total. The van der Waals surface area contributed by atoms with Gasteiger partial charge in [0.15, 0.2) is 6.61 Å². The summed E-state index contributed by atoms with van der Waals surface area (Å²) in [7, 11) is 3.99. The molecular weight excluding hydrogens is 256 g/mol. The fourth-order valence-corrected chi connectivity index (χ4v) is 1.54. The molecule has 0 radical (unpaired) electrons. The summed E-state index contributed by atoms with van der Waals surface area (Å²) in [6, 6.07) is 4.78. The Morgan fingerprint density at radius 1 is 1.45 bits per heavy atom. The molecule has 0 aromatic heterocycles. The molecule has 0 saturated heterocycles. The van der Waals surface area contributed by atoms with Gasteiger partial charge in [0.1, 0.15) is 5.75 Å². The van der Waals surface area contributed by atoms with Crippen molar-refractivity contribution in [3.63, 3.8) is 0 Å². The molecule has 0 amide bonds. The first kappa shape index (κ1) is 15.9. The molecule has 1 rings (SSSR count). The summed E-state index contributed by atoms with van der Waals surface area (Å²) >= 11 is 0. The second kappa shape index (κ2) is 8.08. The number of carbonyl (C=O) groups is 1. The van der Waals surface area contributed by atoms with Crippen molar-refractivity contribution in [2.24, 2.45) is 0 Å². The smallest absolute Gasteiger partial charge is 0.339 e. The molecule has 0 fully saturated rings. The van der Waals surface area contributed by atoms with Gasteiger partial charge in [-0.2, -0.15) is 0 Å². The Morgan fingerprint density at radius 3 is 2.85 bits per heavy atom. The van der Waals surface area contributed by atoms with Crippen LogP contribution in [0, 0.1) is 12.3 Å². The third-order valence-electron chi connectivity index (χ3n) is 2.54. The Hall–Kier alpha value is -2.19. The minimum Gasteiger partial charge on any atom is -0.491 e. The summed E-state index contributed by atoms with van der Waals surface area (Å²) in [5, 5.41) is 0. The number of nitrogens with two attached hydrogens (primary N) is 1. The van der Waals surface area contributed by atoms with E-state index in [1.165, 1.54) is 0 Å². The first-order chi connectivity index (χ1) is 9.54. The summed E-state index contributed by atoms with van der Waals surface area (Å²) in [5.74, 6) is 2.24. The first-order valence-electron chi connectivity index (χ1n) is 6.32. The van der Waals surface area contributed by atoms with E-state index < -0.39 is 5.97 Å². The molecule has 0 saturated carbocycles. The molecule has 0 atom stereocenters. The van der Waals surface area contributed by atoms with Crippen LogP contribution in [0.2, 0.25) is 0 Å². The first-order valence-corrected chi connectivity index (χ1v) is 6.32. The highest BCUT2D eigenvalue weighted by Crippen LogP contribution is 2.23. The largest absolute Gasteiger partial charge is 0.491 e. The van der Waals surface area contributed by atoms with Crippen LogP contribution < -0.4 is 10.5 Å². The summed E-state index contributed by atoms with van der Waals surface area (Å²) in [4.78, 5) is 13.7.